The molecule has 0 heterocycles. The molecular weight excluding hydrogens is 208 g/mol. The molecule has 0 spiro atoms. The zero-order chi connectivity index (χ0) is 12.6. The monoisotopic (exact) mass is 234 g/mol. The molecule has 0 amide bonds. The van der Waals surface area contributed by atoms with E-state index in [1.807, 2.05) is 7.11 Å². The standard InChI is InChI=1S/C16H26O/c1-11(2)13-6-7-14-9-15(17-5)8-12(3)16(14,4)10-13/h9,12-13,15H,1,6-8,10H2,2-5H3/t12-,13-,15-,16+/m1/s1. The lowest BCUT2D eigenvalue weighted by Crippen LogP contribution is -2.40. The Morgan fingerprint density at radius 2 is 2.24 bits per heavy atom. The summed E-state index contributed by atoms with van der Waals surface area (Å²) in [7, 11) is 1.83. The van der Waals surface area contributed by atoms with Gasteiger partial charge in [-0.25, -0.2) is 0 Å². The third-order valence-corrected chi connectivity index (χ3v) is 5.23. The summed E-state index contributed by atoms with van der Waals surface area (Å²) < 4.78 is 5.54. The highest BCUT2D eigenvalue weighted by atomic mass is 16.5. The van der Waals surface area contributed by atoms with Crippen molar-refractivity contribution in [3.05, 3.63) is 23.8 Å². The van der Waals surface area contributed by atoms with Gasteiger partial charge in [0, 0.05) is 7.11 Å². The molecule has 1 heteroatoms. The minimum Gasteiger partial charge on any atom is -0.377 e. The predicted molar refractivity (Wildman–Crippen MR) is 72.9 cm³/mol. The van der Waals surface area contributed by atoms with E-state index in [4.69, 9.17) is 4.74 Å². The highest BCUT2D eigenvalue weighted by Gasteiger charge is 2.43. The van der Waals surface area contributed by atoms with E-state index in [2.05, 4.69) is 33.4 Å². The number of methoxy groups -OCH3 is 1. The summed E-state index contributed by atoms with van der Waals surface area (Å²) in [6, 6.07) is 0. The van der Waals surface area contributed by atoms with Crippen LogP contribution < -0.4 is 0 Å². The first kappa shape index (κ1) is 12.9. The SMILES string of the molecule is C=C(C)[C@@H]1CCC2=C[C@H](OC)C[C@@H](C)[C@]2(C)C1. The van der Waals surface area contributed by atoms with Crippen molar-refractivity contribution < 1.29 is 4.74 Å². The molecule has 1 saturated carbocycles. The van der Waals surface area contributed by atoms with Crippen molar-refractivity contribution in [2.75, 3.05) is 7.11 Å². The van der Waals surface area contributed by atoms with Crippen LogP contribution in [0.1, 0.15) is 46.5 Å². The van der Waals surface area contributed by atoms with E-state index in [0.717, 1.165) is 11.8 Å². The quantitative estimate of drug-likeness (QED) is 0.645. The molecule has 1 nitrogen and oxygen atoms in total. The molecule has 0 saturated heterocycles. The van der Waals surface area contributed by atoms with Gasteiger partial charge in [0.2, 0.25) is 0 Å². The van der Waals surface area contributed by atoms with Crippen molar-refractivity contribution >= 4 is 0 Å². The van der Waals surface area contributed by atoms with Crippen LogP contribution in [0.25, 0.3) is 0 Å². The third-order valence-electron chi connectivity index (χ3n) is 5.23. The van der Waals surface area contributed by atoms with Gasteiger partial charge in [0.25, 0.3) is 0 Å². The maximum atomic E-state index is 5.54. The van der Waals surface area contributed by atoms with Gasteiger partial charge in [-0.2, -0.15) is 0 Å². The van der Waals surface area contributed by atoms with E-state index in [-0.39, 0.29) is 0 Å². The first-order chi connectivity index (χ1) is 7.97. The molecule has 0 aromatic carbocycles. The first-order valence-electron chi connectivity index (χ1n) is 6.86. The fourth-order valence-electron chi connectivity index (χ4n) is 3.64. The average Bonchev–Trinajstić information content (AvgIpc) is 2.29. The molecular formula is C16H26O. The molecule has 17 heavy (non-hydrogen) atoms. The summed E-state index contributed by atoms with van der Waals surface area (Å²) in [5.74, 6) is 1.44. The van der Waals surface area contributed by atoms with Crippen LogP contribution >= 0.6 is 0 Å². The van der Waals surface area contributed by atoms with Gasteiger partial charge in [-0.15, -0.1) is 0 Å². The molecule has 0 aromatic heterocycles. The summed E-state index contributed by atoms with van der Waals surface area (Å²) in [6.07, 6.45) is 7.70. The van der Waals surface area contributed by atoms with Crippen LogP contribution in [0, 0.1) is 17.3 Å². The number of ether oxygens (including phenoxy) is 1. The Hall–Kier alpha value is -0.560. The fraction of sp³-hybridized carbons (Fsp3) is 0.750. The van der Waals surface area contributed by atoms with Crippen molar-refractivity contribution in [1.82, 2.24) is 0 Å². The highest BCUT2D eigenvalue weighted by Crippen LogP contribution is 2.53. The lowest BCUT2D eigenvalue weighted by atomic mass is 9.57. The van der Waals surface area contributed by atoms with Gasteiger partial charge in [0.05, 0.1) is 6.10 Å². The Morgan fingerprint density at radius 3 is 2.82 bits per heavy atom. The van der Waals surface area contributed by atoms with Gasteiger partial charge in [-0.1, -0.05) is 37.6 Å². The highest BCUT2D eigenvalue weighted by molar-refractivity contribution is 5.25. The lowest BCUT2D eigenvalue weighted by molar-refractivity contribution is 0.0588. The van der Waals surface area contributed by atoms with Crippen molar-refractivity contribution in [3.63, 3.8) is 0 Å². The zero-order valence-corrected chi connectivity index (χ0v) is 11.8. The summed E-state index contributed by atoms with van der Waals surface area (Å²) in [5.41, 5.74) is 3.39. The maximum Gasteiger partial charge on any atom is 0.0757 e. The van der Waals surface area contributed by atoms with E-state index in [9.17, 15) is 0 Å². The largest absolute Gasteiger partial charge is 0.377 e. The van der Waals surface area contributed by atoms with E-state index < -0.39 is 0 Å². The van der Waals surface area contributed by atoms with E-state index in [1.165, 1.54) is 31.3 Å². The van der Waals surface area contributed by atoms with Crippen molar-refractivity contribution in [1.29, 1.82) is 0 Å². The molecule has 4 atom stereocenters. The second-order valence-corrected chi connectivity index (χ2v) is 6.31. The average molecular weight is 234 g/mol. The second-order valence-electron chi connectivity index (χ2n) is 6.31. The van der Waals surface area contributed by atoms with Crippen molar-refractivity contribution in [2.45, 2.75) is 52.6 Å². The van der Waals surface area contributed by atoms with Gasteiger partial charge in [0.1, 0.15) is 0 Å². The van der Waals surface area contributed by atoms with E-state index in [0.29, 0.717) is 11.5 Å². The van der Waals surface area contributed by atoms with Gasteiger partial charge in [-0.05, 0) is 49.9 Å². The number of allylic oxidation sites excluding steroid dienone is 2. The normalized spacial score (nSPS) is 41.6. The van der Waals surface area contributed by atoms with Crippen LogP contribution in [0.5, 0.6) is 0 Å². The summed E-state index contributed by atoms with van der Waals surface area (Å²) in [4.78, 5) is 0. The molecule has 2 aliphatic carbocycles. The molecule has 0 aromatic rings. The van der Waals surface area contributed by atoms with Crippen LogP contribution in [0.4, 0.5) is 0 Å². The molecule has 2 aliphatic rings. The van der Waals surface area contributed by atoms with Gasteiger partial charge >= 0.3 is 0 Å². The number of rotatable bonds is 2. The number of fused-ring (bicyclic) bond motifs is 1. The van der Waals surface area contributed by atoms with E-state index in [1.54, 1.807) is 5.57 Å². The lowest BCUT2D eigenvalue weighted by Gasteiger charge is -2.48. The van der Waals surface area contributed by atoms with Crippen LogP contribution in [-0.4, -0.2) is 13.2 Å². The number of hydrogen-bond donors (Lipinski definition) is 0. The summed E-state index contributed by atoms with van der Waals surface area (Å²) >= 11 is 0. The topological polar surface area (TPSA) is 9.23 Å². The van der Waals surface area contributed by atoms with Gasteiger partial charge < -0.3 is 4.74 Å². The molecule has 0 unspecified atom stereocenters. The second kappa shape index (κ2) is 4.61. The minimum atomic E-state index is 0.342. The Labute approximate surface area is 106 Å². The molecule has 96 valence electrons. The summed E-state index contributed by atoms with van der Waals surface area (Å²) in [6.45, 7) is 11.2. The number of hydrogen-bond acceptors (Lipinski definition) is 1. The first-order valence-corrected chi connectivity index (χ1v) is 6.86. The van der Waals surface area contributed by atoms with Crippen LogP contribution in [-0.2, 0) is 4.74 Å². The Balaban J connectivity index is 2.25. The smallest absolute Gasteiger partial charge is 0.0757 e. The Kier molecular flexibility index (Phi) is 3.49. The van der Waals surface area contributed by atoms with Crippen LogP contribution in [0.2, 0.25) is 0 Å². The molecule has 0 aliphatic heterocycles. The molecule has 0 radical (unpaired) electrons. The van der Waals surface area contributed by atoms with Crippen LogP contribution in [0.15, 0.2) is 23.8 Å². The van der Waals surface area contributed by atoms with Crippen molar-refractivity contribution in [2.24, 2.45) is 17.3 Å². The Morgan fingerprint density at radius 1 is 1.53 bits per heavy atom. The Bertz CT molecular complexity index is 341. The van der Waals surface area contributed by atoms with Crippen LogP contribution in [0.3, 0.4) is 0 Å². The summed E-state index contributed by atoms with van der Waals surface area (Å²) in [5, 5.41) is 0. The maximum absolute atomic E-state index is 5.54. The molecule has 0 bridgehead atoms. The predicted octanol–water partition coefficient (Wildman–Crippen LogP) is 4.35. The van der Waals surface area contributed by atoms with Gasteiger partial charge in [0.15, 0.2) is 0 Å². The molecule has 2 rings (SSSR count). The fourth-order valence-corrected chi connectivity index (χ4v) is 3.64. The zero-order valence-electron chi connectivity index (χ0n) is 11.8. The minimum absolute atomic E-state index is 0.342. The van der Waals surface area contributed by atoms with Crippen molar-refractivity contribution in [3.8, 4) is 0 Å². The molecule has 1 fully saturated rings. The van der Waals surface area contributed by atoms with Gasteiger partial charge in [-0.3, -0.25) is 0 Å². The van der Waals surface area contributed by atoms with E-state index >= 15 is 0 Å². The third kappa shape index (κ3) is 2.22. The molecule has 0 N–H and O–H groups in total.